The molecule has 6 rings (SSSR count). The number of piperidine rings is 1. The zero-order valence-electron chi connectivity index (χ0n) is 18.3. The number of rotatable bonds is 3. The highest BCUT2D eigenvalue weighted by atomic mass is 19.2. The number of aryl methyl sites for hydroxylation is 1. The number of hydrogen-bond donors (Lipinski definition) is 0. The third-order valence-corrected chi connectivity index (χ3v) is 6.85. The number of fused-ring (bicyclic) bond motifs is 6. The molecule has 33 heavy (non-hydrogen) atoms. The Morgan fingerprint density at radius 2 is 2.00 bits per heavy atom. The summed E-state index contributed by atoms with van der Waals surface area (Å²) in [6.45, 7) is 4.94. The summed E-state index contributed by atoms with van der Waals surface area (Å²) < 4.78 is 32.0. The summed E-state index contributed by atoms with van der Waals surface area (Å²) in [5.41, 5.74) is 0.588. The number of hydrogen-bond acceptors (Lipinski definition) is 6. The van der Waals surface area contributed by atoms with Gasteiger partial charge in [0.15, 0.2) is 23.3 Å². The van der Waals surface area contributed by atoms with Crippen LogP contribution < -0.4 is 4.90 Å². The molecule has 3 aromatic heterocycles. The zero-order valence-corrected chi connectivity index (χ0v) is 18.3. The fourth-order valence-electron chi connectivity index (χ4n) is 5.23. The molecule has 8 nitrogen and oxygen atoms in total. The maximum Gasteiger partial charge on any atom is 0.237 e. The molecule has 0 amide bonds. The molecule has 0 spiro atoms. The average molecular weight is 448 g/mol. The first-order valence-corrected chi connectivity index (χ1v) is 11.1. The Bertz CT molecular complexity index is 1380. The van der Waals surface area contributed by atoms with Crippen molar-refractivity contribution in [3.8, 4) is 23.0 Å². The van der Waals surface area contributed by atoms with E-state index in [-0.39, 0.29) is 16.9 Å². The van der Waals surface area contributed by atoms with Gasteiger partial charge in [0.1, 0.15) is 22.9 Å². The van der Waals surface area contributed by atoms with Gasteiger partial charge >= 0.3 is 0 Å². The Hall–Kier alpha value is -3.69. The number of benzene rings is 1. The lowest BCUT2D eigenvalue weighted by Gasteiger charge is -2.49. The zero-order chi connectivity index (χ0) is 22.7. The summed E-state index contributed by atoms with van der Waals surface area (Å²) in [6.07, 6.45) is 8.93. The van der Waals surface area contributed by atoms with Crippen molar-refractivity contribution in [1.29, 1.82) is 0 Å². The van der Waals surface area contributed by atoms with Gasteiger partial charge in [0.2, 0.25) is 5.95 Å². The summed E-state index contributed by atoms with van der Waals surface area (Å²) in [6, 6.07) is 4.04. The topological polar surface area (TPSA) is 77.5 Å². The number of aromatic nitrogens is 7. The molecule has 0 unspecified atom stereocenters. The van der Waals surface area contributed by atoms with E-state index in [0.717, 1.165) is 61.4 Å². The smallest absolute Gasteiger partial charge is 0.237 e. The molecule has 1 fully saturated rings. The van der Waals surface area contributed by atoms with Crippen LogP contribution in [0.2, 0.25) is 0 Å². The van der Waals surface area contributed by atoms with Gasteiger partial charge in [0, 0.05) is 18.9 Å². The number of halogens is 2. The van der Waals surface area contributed by atoms with Crippen LogP contribution in [0.25, 0.3) is 23.0 Å². The van der Waals surface area contributed by atoms with E-state index in [4.69, 9.17) is 4.98 Å². The van der Waals surface area contributed by atoms with Crippen LogP contribution in [0.4, 0.5) is 14.6 Å². The number of imidazole rings is 1. The van der Waals surface area contributed by atoms with Crippen molar-refractivity contribution in [2.24, 2.45) is 0 Å². The molecule has 0 aliphatic carbocycles. The Kier molecular flexibility index (Phi) is 4.33. The molecule has 1 atom stereocenters. The first kappa shape index (κ1) is 20.0. The second-order valence-electron chi connectivity index (χ2n) is 8.50. The summed E-state index contributed by atoms with van der Waals surface area (Å²) in [4.78, 5) is 16.1. The summed E-state index contributed by atoms with van der Waals surface area (Å²) in [7, 11) is 0. The molecule has 0 saturated carbocycles. The minimum atomic E-state index is -0.950. The molecule has 0 N–H and O–H groups in total. The first-order chi connectivity index (χ1) is 16.0. The molecule has 0 radical (unpaired) electrons. The predicted octanol–water partition coefficient (Wildman–Crippen LogP) is 4.11. The van der Waals surface area contributed by atoms with Gasteiger partial charge in [-0.25, -0.2) is 18.7 Å². The highest BCUT2D eigenvalue weighted by Gasteiger charge is 2.48. The van der Waals surface area contributed by atoms with Crippen molar-refractivity contribution >= 4 is 5.82 Å². The van der Waals surface area contributed by atoms with E-state index in [1.807, 2.05) is 11.5 Å². The van der Waals surface area contributed by atoms with Crippen molar-refractivity contribution < 1.29 is 8.78 Å². The Labute approximate surface area is 189 Å². The van der Waals surface area contributed by atoms with Crippen LogP contribution in [0.3, 0.4) is 0 Å². The van der Waals surface area contributed by atoms with E-state index < -0.39 is 11.6 Å². The van der Waals surface area contributed by atoms with Gasteiger partial charge in [0.05, 0.1) is 11.8 Å². The van der Waals surface area contributed by atoms with E-state index in [2.05, 4.69) is 32.0 Å². The van der Waals surface area contributed by atoms with Crippen LogP contribution in [0.1, 0.15) is 44.3 Å². The molecule has 168 valence electrons. The lowest BCUT2D eigenvalue weighted by molar-refractivity contribution is 0.274. The maximum atomic E-state index is 14.5. The van der Waals surface area contributed by atoms with E-state index >= 15 is 0 Å². The molecule has 2 aliphatic rings. The fraction of sp³-hybridized carbons (Fsp3) is 0.348. The average Bonchev–Trinajstić information content (AvgIpc) is 3.48. The molecule has 1 saturated heterocycles. The highest BCUT2D eigenvalue weighted by molar-refractivity contribution is 5.65. The molecular weight excluding hydrogens is 426 g/mol. The van der Waals surface area contributed by atoms with Gasteiger partial charge in [-0.05, 0) is 44.7 Å². The number of nitrogens with zero attached hydrogens (tertiary/aromatic N) is 8. The van der Waals surface area contributed by atoms with Gasteiger partial charge in [-0.2, -0.15) is 4.98 Å². The third kappa shape index (κ3) is 2.69. The normalized spacial score (nSPS) is 19.2. The van der Waals surface area contributed by atoms with Crippen LogP contribution in [-0.2, 0) is 5.54 Å². The van der Waals surface area contributed by atoms with Gasteiger partial charge < -0.3 is 4.90 Å². The molecule has 1 aromatic carbocycles. The van der Waals surface area contributed by atoms with Crippen molar-refractivity contribution in [2.75, 3.05) is 11.4 Å². The van der Waals surface area contributed by atoms with E-state index in [0.29, 0.717) is 5.95 Å². The molecule has 2 aliphatic heterocycles. The Morgan fingerprint density at radius 1 is 1.12 bits per heavy atom. The second kappa shape index (κ2) is 7.16. The Balaban J connectivity index is 1.55. The SMILES string of the molecule is CC[C@]12CCCCN1c1nc(-n3ccnc3-c3cccc(F)c3F)ncc1-n1c(C)nnc12. The molecule has 10 heteroatoms. The lowest BCUT2D eigenvalue weighted by Crippen LogP contribution is -2.54. The second-order valence-corrected chi connectivity index (χ2v) is 8.50. The molecule has 0 bridgehead atoms. The van der Waals surface area contributed by atoms with E-state index in [9.17, 15) is 8.78 Å². The van der Waals surface area contributed by atoms with Gasteiger partial charge in [0.25, 0.3) is 0 Å². The predicted molar refractivity (Wildman–Crippen MR) is 117 cm³/mol. The minimum absolute atomic E-state index is 0.0548. The van der Waals surface area contributed by atoms with Crippen molar-refractivity contribution in [3.05, 3.63) is 60.1 Å². The van der Waals surface area contributed by atoms with Crippen LogP contribution in [0.15, 0.2) is 36.8 Å². The Morgan fingerprint density at radius 3 is 2.85 bits per heavy atom. The van der Waals surface area contributed by atoms with Gasteiger partial charge in [-0.3, -0.25) is 9.13 Å². The van der Waals surface area contributed by atoms with Crippen molar-refractivity contribution in [3.63, 3.8) is 0 Å². The van der Waals surface area contributed by atoms with Crippen molar-refractivity contribution in [2.45, 2.75) is 45.1 Å². The molecule has 4 aromatic rings. The standard InChI is InChI=1S/C23H22F2N8/c1-3-23-9-4-5-11-32(23)20-17(33-14(2)29-30-21(23)33)13-27-22(28-20)31-12-10-26-19(31)15-7-6-8-16(24)18(15)25/h6-8,10,12-13H,3-5,9,11H2,1-2H3/t23-/m1/s1. The summed E-state index contributed by atoms with van der Waals surface area (Å²) >= 11 is 0. The first-order valence-electron chi connectivity index (χ1n) is 11.1. The number of anilines is 1. The highest BCUT2D eigenvalue weighted by Crippen LogP contribution is 2.48. The lowest BCUT2D eigenvalue weighted by atomic mass is 9.82. The van der Waals surface area contributed by atoms with Crippen LogP contribution >= 0.6 is 0 Å². The molecular formula is C23H22F2N8. The molecule has 5 heterocycles. The monoisotopic (exact) mass is 448 g/mol. The summed E-state index contributed by atoms with van der Waals surface area (Å²) in [5.74, 6) is 1.20. The fourth-order valence-corrected chi connectivity index (χ4v) is 5.23. The third-order valence-electron chi connectivity index (χ3n) is 6.85. The van der Waals surface area contributed by atoms with Crippen LogP contribution in [-0.4, -0.2) is 40.8 Å². The van der Waals surface area contributed by atoms with Crippen molar-refractivity contribution in [1.82, 2.24) is 34.3 Å². The van der Waals surface area contributed by atoms with Gasteiger partial charge in [-0.1, -0.05) is 13.0 Å². The minimum Gasteiger partial charge on any atom is -0.342 e. The van der Waals surface area contributed by atoms with Crippen LogP contribution in [0.5, 0.6) is 0 Å². The quantitative estimate of drug-likeness (QED) is 0.470. The summed E-state index contributed by atoms with van der Waals surface area (Å²) in [5, 5.41) is 8.91. The van der Waals surface area contributed by atoms with Crippen LogP contribution in [0, 0.1) is 18.6 Å². The maximum absolute atomic E-state index is 14.5. The van der Waals surface area contributed by atoms with E-state index in [1.165, 1.54) is 18.3 Å². The van der Waals surface area contributed by atoms with E-state index in [1.54, 1.807) is 17.0 Å². The van der Waals surface area contributed by atoms with Gasteiger partial charge in [-0.15, -0.1) is 10.2 Å². The largest absolute Gasteiger partial charge is 0.342 e.